The lowest BCUT2D eigenvalue weighted by Crippen LogP contribution is -2.40. The molecule has 0 aliphatic carbocycles. The number of likely N-dealkylation sites (tertiary alicyclic amines) is 1. The van der Waals surface area contributed by atoms with Gasteiger partial charge in [0.25, 0.3) is 0 Å². The van der Waals surface area contributed by atoms with Crippen LogP contribution in [0.3, 0.4) is 0 Å². The first-order chi connectivity index (χ1) is 12.2. The molecule has 1 fully saturated rings. The number of fused-ring (bicyclic) bond motifs is 1. The molecule has 2 aliphatic heterocycles. The second-order valence-electron chi connectivity index (χ2n) is 7.38. The second-order valence-corrected chi connectivity index (χ2v) is 7.38. The number of hydrogen-bond donors (Lipinski definition) is 2. The van der Waals surface area contributed by atoms with Gasteiger partial charge in [-0.3, -0.25) is 0 Å². The van der Waals surface area contributed by atoms with Crippen LogP contribution in [0.4, 0.5) is 4.79 Å². The van der Waals surface area contributed by atoms with E-state index in [0.717, 1.165) is 49.6 Å². The molecular formula is C20H31N3O2. The van der Waals surface area contributed by atoms with Crippen LogP contribution in [0.15, 0.2) is 24.3 Å². The first-order valence-electron chi connectivity index (χ1n) is 9.71. The van der Waals surface area contributed by atoms with Crippen molar-refractivity contribution in [2.24, 2.45) is 5.92 Å². The maximum Gasteiger partial charge on any atom is 0.315 e. The minimum atomic E-state index is -0.0757. The summed E-state index contributed by atoms with van der Waals surface area (Å²) in [6, 6.07) is 7.90. The Labute approximate surface area is 151 Å². The second kappa shape index (κ2) is 9.09. The molecule has 0 aromatic heterocycles. The molecule has 5 nitrogen and oxygen atoms in total. The lowest BCUT2D eigenvalue weighted by molar-refractivity contribution is 0.181. The topological polar surface area (TPSA) is 53.6 Å². The number of hydrogen-bond acceptors (Lipinski definition) is 3. The van der Waals surface area contributed by atoms with Gasteiger partial charge in [-0.15, -0.1) is 0 Å². The Morgan fingerprint density at radius 3 is 3.04 bits per heavy atom. The summed E-state index contributed by atoms with van der Waals surface area (Å²) >= 11 is 0. The highest BCUT2D eigenvalue weighted by atomic mass is 16.5. The summed E-state index contributed by atoms with van der Waals surface area (Å²) in [5, 5.41) is 6.08. The molecule has 0 spiro atoms. The van der Waals surface area contributed by atoms with Gasteiger partial charge in [-0.25, -0.2) is 4.79 Å². The molecule has 2 aliphatic rings. The highest BCUT2D eigenvalue weighted by Gasteiger charge is 2.22. The van der Waals surface area contributed by atoms with Crippen LogP contribution in [0.25, 0.3) is 0 Å². The molecular weight excluding hydrogens is 314 g/mol. The fourth-order valence-corrected chi connectivity index (χ4v) is 3.85. The first-order valence-corrected chi connectivity index (χ1v) is 9.71. The van der Waals surface area contributed by atoms with E-state index < -0.39 is 0 Å². The van der Waals surface area contributed by atoms with E-state index in [4.69, 9.17) is 4.74 Å². The summed E-state index contributed by atoms with van der Waals surface area (Å²) < 4.78 is 5.64. The maximum atomic E-state index is 12.2. The Balaban J connectivity index is 1.32. The van der Waals surface area contributed by atoms with Gasteiger partial charge in [0.1, 0.15) is 5.75 Å². The molecule has 0 saturated carbocycles. The predicted molar refractivity (Wildman–Crippen MR) is 99.9 cm³/mol. The van der Waals surface area contributed by atoms with Gasteiger partial charge < -0.3 is 20.3 Å². The lowest BCUT2D eigenvalue weighted by Gasteiger charge is -2.30. The van der Waals surface area contributed by atoms with Crippen LogP contribution >= 0.6 is 0 Å². The van der Waals surface area contributed by atoms with Gasteiger partial charge in [-0.05, 0) is 50.8 Å². The van der Waals surface area contributed by atoms with E-state index in [1.807, 2.05) is 24.3 Å². The van der Waals surface area contributed by atoms with Gasteiger partial charge in [-0.2, -0.15) is 0 Å². The monoisotopic (exact) mass is 345 g/mol. The number of rotatable bonds is 6. The number of benzene rings is 1. The molecule has 25 heavy (non-hydrogen) atoms. The Morgan fingerprint density at radius 1 is 1.28 bits per heavy atom. The van der Waals surface area contributed by atoms with Crippen LogP contribution in [0.2, 0.25) is 0 Å². The summed E-state index contributed by atoms with van der Waals surface area (Å²) in [6.07, 6.45) is 5.69. The Hall–Kier alpha value is -1.75. The molecule has 2 N–H and O–H groups in total. The number of nitrogens with one attached hydrogen (secondary N) is 2. The minimum absolute atomic E-state index is 0.0415. The fraction of sp³-hybridized carbons (Fsp3) is 0.650. The van der Waals surface area contributed by atoms with Gasteiger partial charge >= 0.3 is 6.03 Å². The van der Waals surface area contributed by atoms with E-state index in [0.29, 0.717) is 6.61 Å². The number of urea groups is 1. The third kappa shape index (κ3) is 5.36. The summed E-state index contributed by atoms with van der Waals surface area (Å²) in [5.41, 5.74) is 1.07. The summed E-state index contributed by atoms with van der Waals surface area (Å²) in [6.45, 7) is 7.35. The molecule has 138 valence electrons. The van der Waals surface area contributed by atoms with E-state index in [1.54, 1.807) is 0 Å². The SMILES string of the molecule is C[C@H]1CCCN(CCCCNC(=O)N[C@H]2CCOc3ccccc32)C1. The number of carbonyl (C=O) groups is 1. The summed E-state index contributed by atoms with van der Waals surface area (Å²) in [7, 11) is 0. The van der Waals surface area contributed by atoms with Crippen LogP contribution in [0, 0.1) is 5.92 Å². The Morgan fingerprint density at radius 2 is 2.16 bits per heavy atom. The van der Waals surface area contributed by atoms with Crippen molar-refractivity contribution in [3.05, 3.63) is 29.8 Å². The van der Waals surface area contributed by atoms with Gasteiger partial charge in [0.2, 0.25) is 0 Å². The van der Waals surface area contributed by atoms with Crippen molar-refractivity contribution in [2.75, 3.05) is 32.8 Å². The first kappa shape index (κ1) is 18.1. The predicted octanol–water partition coefficient (Wildman–Crippen LogP) is 3.32. The highest BCUT2D eigenvalue weighted by Crippen LogP contribution is 2.31. The molecule has 0 radical (unpaired) electrons. The number of carbonyl (C=O) groups excluding carboxylic acids is 1. The Bertz CT molecular complexity index is 564. The molecule has 2 atom stereocenters. The average Bonchev–Trinajstić information content (AvgIpc) is 2.62. The van der Waals surface area contributed by atoms with Crippen molar-refractivity contribution < 1.29 is 9.53 Å². The van der Waals surface area contributed by atoms with Gasteiger partial charge in [-0.1, -0.05) is 25.1 Å². The molecule has 1 saturated heterocycles. The maximum absolute atomic E-state index is 12.2. The molecule has 3 rings (SSSR count). The third-order valence-electron chi connectivity index (χ3n) is 5.19. The molecule has 0 unspecified atom stereocenters. The van der Waals surface area contributed by atoms with E-state index in [2.05, 4.69) is 22.5 Å². The Kier molecular flexibility index (Phi) is 6.56. The molecule has 0 bridgehead atoms. The third-order valence-corrected chi connectivity index (χ3v) is 5.19. The summed E-state index contributed by atoms with van der Waals surface area (Å²) in [4.78, 5) is 14.7. The van der Waals surface area contributed by atoms with Crippen molar-refractivity contribution >= 4 is 6.03 Å². The fourth-order valence-electron chi connectivity index (χ4n) is 3.85. The number of para-hydroxylation sites is 1. The number of amides is 2. The highest BCUT2D eigenvalue weighted by molar-refractivity contribution is 5.74. The average molecular weight is 345 g/mol. The summed E-state index contributed by atoms with van der Waals surface area (Å²) in [5.74, 6) is 1.72. The van der Waals surface area contributed by atoms with Crippen molar-refractivity contribution in [3.8, 4) is 5.75 Å². The zero-order chi connectivity index (χ0) is 17.5. The van der Waals surface area contributed by atoms with Gasteiger partial charge in [0, 0.05) is 25.1 Å². The van der Waals surface area contributed by atoms with E-state index >= 15 is 0 Å². The van der Waals surface area contributed by atoms with E-state index in [-0.39, 0.29) is 12.1 Å². The van der Waals surface area contributed by atoms with Crippen molar-refractivity contribution in [1.29, 1.82) is 0 Å². The number of unbranched alkanes of at least 4 members (excludes halogenated alkanes) is 1. The van der Waals surface area contributed by atoms with Gasteiger partial charge in [0.05, 0.1) is 12.6 Å². The van der Waals surface area contributed by atoms with Crippen LogP contribution in [0.5, 0.6) is 5.75 Å². The number of piperidine rings is 1. The zero-order valence-corrected chi connectivity index (χ0v) is 15.3. The largest absolute Gasteiger partial charge is 0.493 e. The molecule has 2 heterocycles. The van der Waals surface area contributed by atoms with Crippen molar-refractivity contribution in [1.82, 2.24) is 15.5 Å². The smallest absolute Gasteiger partial charge is 0.315 e. The quantitative estimate of drug-likeness (QED) is 0.778. The molecule has 1 aromatic rings. The van der Waals surface area contributed by atoms with Crippen LogP contribution in [-0.2, 0) is 0 Å². The molecule has 5 heteroatoms. The van der Waals surface area contributed by atoms with Crippen LogP contribution in [-0.4, -0.2) is 43.7 Å². The van der Waals surface area contributed by atoms with Crippen molar-refractivity contribution in [3.63, 3.8) is 0 Å². The van der Waals surface area contributed by atoms with Crippen LogP contribution in [0.1, 0.15) is 50.6 Å². The zero-order valence-electron chi connectivity index (χ0n) is 15.3. The van der Waals surface area contributed by atoms with Crippen LogP contribution < -0.4 is 15.4 Å². The van der Waals surface area contributed by atoms with Crippen molar-refractivity contribution in [2.45, 2.75) is 45.1 Å². The lowest BCUT2D eigenvalue weighted by atomic mass is 10.0. The normalized spacial score (nSPS) is 23.4. The number of nitrogens with zero attached hydrogens (tertiary/aromatic N) is 1. The number of ether oxygens (including phenoxy) is 1. The molecule has 2 amide bonds. The van der Waals surface area contributed by atoms with E-state index in [1.165, 1.54) is 25.9 Å². The molecule has 1 aromatic carbocycles. The van der Waals surface area contributed by atoms with Gasteiger partial charge in [0.15, 0.2) is 0 Å². The van der Waals surface area contributed by atoms with E-state index in [9.17, 15) is 4.79 Å². The standard InChI is InChI=1S/C20H31N3O2/c1-16-7-6-13-23(15-16)12-5-4-11-21-20(24)22-18-10-14-25-19-9-3-2-8-17(18)19/h2-3,8-9,16,18H,4-7,10-15H2,1H3,(H2,21,22,24)/t16-,18-/m0/s1. The minimum Gasteiger partial charge on any atom is -0.493 e.